The van der Waals surface area contributed by atoms with Crippen LogP contribution >= 0.6 is 0 Å². The number of nitrogens with two attached hydrogens (primary N) is 1. The van der Waals surface area contributed by atoms with Crippen molar-refractivity contribution in [3.05, 3.63) is 71.2 Å². The van der Waals surface area contributed by atoms with Crippen molar-refractivity contribution in [3.63, 3.8) is 0 Å². The summed E-state index contributed by atoms with van der Waals surface area (Å²) in [6.45, 7) is 0.138. The Balaban J connectivity index is 1.48. The third-order valence-electron chi connectivity index (χ3n) is 7.16. The van der Waals surface area contributed by atoms with Gasteiger partial charge in [-0.2, -0.15) is 13.2 Å². The van der Waals surface area contributed by atoms with Crippen LogP contribution in [0.1, 0.15) is 41.4 Å². The Hall–Kier alpha value is -3.94. The highest BCUT2D eigenvalue weighted by Gasteiger charge is 2.57. The molecule has 0 saturated heterocycles. The van der Waals surface area contributed by atoms with Crippen molar-refractivity contribution in [2.24, 2.45) is 5.73 Å². The number of pyridine rings is 1. The number of hydrogen-bond acceptors (Lipinski definition) is 8. The number of rotatable bonds is 10. The van der Waals surface area contributed by atoms with Crippen LogP contribution in [-0.4, -0.2) is 59.7 Å². The average molecular weight is 591 g/mol. The second-order valence-electron chi connectivity index (χ2n) is 10.6. The fourth-order valence-electron chi connectivity index (χ4n) is 4.60. The summed E-state index contributed by atoms with van der Waals surface area (Å²) in [6, 6.07) is 10.2. The average Bonchev–Trinajstić information content (AvgIpc) is 3.72. The lowest BCUT2D eigenvalue weighted by atomic mass is 9.89. The molecule has 2 aliphatic rings. The van der Waals surface area contributed by atoms with E-state index in [0.717, 1.165) is 31.0 Å². The highest BCUT2D eigenvalue weighted by atomic mass is 19.4. The molecule has 42 heavy (non-hydrogen) atoms. The van der Waals surface area contributed by atoms with Crippen LogP contribution < -0.4 is 25.8 Å². The highest BCUT2D eigenvalue weighted by Crippen LogP contribution is 2.45. The Morgan fingerprint density at radius 2 is 1.88 bits per heavy atom. The minimum absolute atomic E-state index is 0.00754. The number of alkyl halides is 3. The minimum atomic E-state index is -5.27. The summed E-state index contributed by atoms with van der Waals surface area (Å²) in [7, 11) is 0. The van der Waals surface area contributed by atoms with E-state index in [-0.39, 0.29) is 48.4 Å². The molecular weight excluding hydrogens is 560 g/mol. The van der Waals surface area contributed by atoms with Crippen molar-refractivity contribution in [2.75, 3.05) is 31.6 Å². The summed E-state index contributed by atoms with van der Waals surface area (Å²) >= 11 is 0. The lowest BCUT2D eigenvalue weighted by Crippen LogP contribution is -2.51. The van der Waals surface area contributed by atoms with Gasteiger partial charge >= 0.3 is 6.18 Å². The predicted molar refractivity (Wildman–Crippen MR) is 145 cm³/mol. The van der Waals surface area contributed by atoms with Gasteiger partial charge in [0.2, 0.25) is 5.60 Å². The fraction of sp³-hybridized carbons (Fsp3) is 0.379. The normalized spacial score (nSPS) is 19.4. The number of benzene rings is 2. The number of anilines is 1. The summed E-state index contributed by atoms with van der Waals surface area (Å²) in [5, 5.41) is 25.5. The zero-order valence-corrected chi connectivity index (χ0v) is 22.6. The molecule has 1 aromatic heterocycles. The Morgan fingerprint density at radius 1 is 1.17 bits per heavy atom. The van der Waals surface area contributed by atoms with E-state index in [4.69, 9.17) is 20.3 Å². The Morgan fingerprint density at radius 3 is 2.52 bits per heavy atom. The number of amides is 1. The zero-order chi connectivity index (χ0) is 30.3. The number of ether oxygens (including phenoxy) is 2. The lowest BCUT2D eigenvalue weighted by Gasteiger charge is -2.31. The van der Waals surface area contributed by atoms with E-state index in [9.17, 15) is 27.5 Å². The summed E-state index contributed by atoms with van der Waals surface area (Å²) in [5.74, 6) is -0.985. The van der Waals surface area contributed by atoms with Gasteiger partial charge in [0.05, 0.1) is 41.9 Å². The first-order chi connectivity index (χ1) is 19.8. The van der Waals surface area contributed by atoms with Gasteiger partial charge in [0, 0.05) is 23.2 Å². The van der Waals surface area contributed by atoms with Crippen molar-refractivity contribution in [2.45, 2.75) is 43.2 Å². The summed E-state index contributed by atoms with van der Waals surface area (Å²) in [6.07, 6.45) is -3.54. The molecule has 1 aliphatic heterocycles. The SMILES string of the molecule is C[C@@]1(N)CNc2c1cc([C@](O)(CNC(=O)c1ccc(OC3CC3)c(OCCO)c1)C(F)(F)F)nc2-c1ccc(F)cc1. The number of carbonyl (C=O) groups excluding carboxylic acids is 1. The topological polar surface area (TPSA) is 139 Å². The van der Waals surface area contributed by atoms with Crippen LogP contribution in [0, 0.1) is 5.82 Å². The summed E-state index contributed by atoms with van der Waals surface area (Å²) < 4.78 is 68.5. The second kappa shape index (κ2) is 11.0. The summed E-state index contributed by atoms with van der Waals surface area (Å²) in [4.78, 5) is 17.2. The molecule has 3 aromatic rings. The van der Waals surface area contributed by atoms with E-state index in [1.165, 1.54) is 30.3 Å². The zero-order valence-electron chi connectivity index (χ0n) is 22.6. The van der Waals surface area contributed by atoms with Gasteiger partial charge in [-0.05, 0) is 68.3 Å². The molecule has 1 amide bonds. The standard InChI is InChI=1S/C29H30F4N4O5/c1-27(34)14-35-25-20(27)13-23(37-24(25)16-2-5-18(30)6-3-16)28(40,29(31,32)33)15-36-26(39)17-4-9-21(42-19-7-8-19)22(12-17)41-11-10-38/h2-6,9,12-13,19,35,38,40H,7-8,10-11,14-15,34H2,1H3,(H,36,39)/t27-,28-/m1/s1. The number of nitrogens with zero attached hydrogens (tertiary/aromatic N) is 1. The number of nitrogens with one attached hydrogen (secondary N) is 2. The smallest absolute Gasteiger partial charge is 0.424 e. The number of aliphatic hydroxyl groups excluding tert-OH is 1. The van der Waals surface area contributed by atoms with E-state index in [1.807, 2.05) is 0 Å². The van der Waals surface area contributed by atoms with E-state index in [2.05, 4.69) is 15.6 Å². The molecule has 2 atom stereocenters. The van der Waals surface area contributed by atoms with E-state index >= 15 is 0 Å². The van der Waals surface area contributed by atoms with Crippen molar-refractivity contribution >= 4 is 11.6 Å². The molecule has 0 spiro atoms. The number of halogens is 4. The molecule has 1 fully saturated rings. The number of aromatic nitrogens is 1. The van der Waals surface area contributed by atoms with Gasteiger partial charge in [-0.1, -0.05) is 0 Å². The van der Waals surface area contributed by atoms with E-state index in [0.29, 0.717) is 17.0 Å². The number of fused-ring (bicyclic) bond motifs is 1. The van der Waals surface area contributed by atoms with Crippen molar-refractivity contribution in [1.29, 1.82) is 0 Å². The summed E-state index contributed by atoms with van der Waals surface area (Å²) in [5.41, 5.74) is 1.79. The molecule has 5 rings (SSSR count). The molecule has 2 aromatic carbocycles. The predicted octanol–water partition coefficient (Wildman–Crippen LogP) is 3.58. The molecule has 1 aliphatic carbocycles. The van der Waals surface area contributed by atoms with Gasteiger partial charge in [0.15, 0.2) is 11.5 Å². The quantitative estimate of drug-likeness (QED) is 0.226. The molecule has 224 valence electrons. The Kier molecular flexibility index (Phi) is 7.77. The molecule has 6 N–H and O–H groups in total. The molecule has 0 unspecified atom stereocenters. The number of carbonyl (C=O) groups is 1. The van der Waals surface area contributed by atoms with Crippen LogP contribution in [0.2, 0.25) is 0 Å². The van der Waals surface area contributed by atoms with Crippen molar-refractivity contribution < 1.29 is 42.0 Å². The van der Waals surface area contributed by atoms with Crippen LogP contribution in [0.3, 0.4) is 0 Å². The molecule has 2 heterocycles. The molecule has 1 saturated carbocycles. The van der Waals surface area contributed by atoms with E-state index in [1.54, 1.807) is 6.92 Å². The first-order valence-electron chi connectivity index (χ1n) is 13.3. The number of aliphatic hydroxyl groups is 2. The van der Waals surface area contributed by atoms with Crippen LogP contribution in [-0.2, 0) is 11.1 Å². The first-order valence-corrected chi connectivity index (χ1v) is 13.3. The van der Waals surface area contributed by atoms with Crippen LogP contribution in [0.15, 0.2) is 48.5 Å². The van der Waals surface area contributed by atoms with Crippen molar-refractivity contribution in [1.82, 2.24) is 10.3 Å². The highest BCUT2D eigenvalue weighted by molar-refractivity contribution is 5.95. The van der Waals surface area contributed by atoms with Gasteiger partial charge in [-0.3, -0.25) is 4.79 Å². The maximum absolute atomic E-state index is 14.6. The maximum Gasteiger partial charge on any atom is 0.424 e. The van der Waals surface area contributed by atoms with Crippen LogP contribution in [0.4, 0.5) is 23.2 Å². The molecular formula is C29H30F4N4O5. The molecule has 13 heteroatoms. The molecule has 0 bridgehead atoms. The first kappa shape index (κ1) is 29.5. The van der Waals surface area contributed by atoms with Gasteiger partial charge in [0.1, 0.15) is 12.4 Å². The monoisotopic (exact) mass is 590 g/mol. The van der Waals surface area contributed by atoms with Gasteiger partial charge < -0.3 is 36.1 Å². The second-order valence-corrected chi connectivity index (χ2v) is 10.6. The van der Waals surface area contributed by atoms with Crippen LogP contribution in [0.5, 0.6) is 11.5 Å². The van der Waals surface area contributed by atoms with Gasteiger partial charge in [0.25, 0.3) is 5.91 Å². The third kappa shape index (κ3) is 5.85. The Bertz CT molecular complexity index is 1480. The Labute approximate surface area is 238 Å². The third-order valence-corrected chi connectivity index (χ3v) is 7.16. The molecule has 9 nitrogen and oxygen atoms in total. The lowest BCUT2D eigenvalue weighted by molar-refractivity contribution is -0.265. The fourth-order valence-corrected chi connectivity index (χ4v) is 4.60. The maximum atomic E-state index is 14.6. The minimum Gasteiger partial charge on any atom is -0.487 e. The van der Waals surface area contributed by atoms with Gasteiger partial charge in [-0.25, -0.2) is 9.37 Å². The van der Waals surface area contributed by atoms with Crippen molar-refractivity contribution in [3.8, 4) is 22.8 Å². The largest absolute Gasteiger partial charge is 0.487 e. The number of hydrogen-bond donors (Lipinski definition) is 5. The van der Waals surface area contributed by atoms with E-state index < -0.39 is 41.3 Å². The van der Waals surface area contributed by atoms with Gasteiger partial charge in [-0.15, -0.1) is 0 Å². The molecule has 0 radical (unpaired) electrons. The van der Waals surface area contributed by atoms with Crippen LogP contribution in [0.25, 0.3) is 11.3 Å².